The number of rotatable bonds is 4. The molecule has 0 amide bonds. The third kappa shape index (κ3) is 2.66. The first kappa shape index (κ1) is 14.1. The number of benzene rings is 1. The van der Waals surface area contributed by atoms with Crippen LogP contribution in [0.25, 0.3) is 0 Å². The van der Waals surface area contributed by atoms with Crippen molar-refractivity contribution in [3.05, 3.63) is 35.7 Å². The van der Waals surface area contributed by atoms with Crippen molar-refractivity contribution in [1.29, 1.82) is 0 Å². The zero-order chi connectivity index (χ0) is 14.7. The molecule has 0 aliphatic rings. The third-order valence-corrected chi connectivity index (χ3v) is 3.30. The average molecular weight is 272 g/mol. The minimum Gasteiger partial charge on any atom is -0.497 e. The highest BCUT2D eigenvalue weighted by Gasteiger charge is 2.13. The fourth-order valence-electron chi connectivity index (χ4n) is 1.98. The lowest BCUT2D eigenvalue weighted by atomic mass is 10.2. The van der Waals surface area contributed by atoms with E-state index in [0.29, 0.717) is 5.82 Å². The van der Waals surface area contributed by atoms with Crippen molar-refractivity contribution in [2.45, 2.75) is 20.3 Å². The summed E-state index contributed by atoms with van der Waals surface area (Å²) in [5, 5.41) is 0. The third-order valence-electron chi connectivity index (χ3n) is 3.30. The number of hydrogen-bond donors (Lipinski definition) is 1. The summed E-state index contributed by atoms with van der Waals surface area (Å²) in [6.07, 6.45) is 0.758. The summed E-state index contributed by atoms with van der Waals surface area (Å²) in [6.45, 7) is 3.95. The van der Waals surface area contributed by atoms with Crippen molar-refractivity contribution >= 4 is 17.3 Å². The van der Waals surface area contributed by atoms with E-state index in [9.17, 15) is 0 Å². The Hall–Kier alpha value is -2.30. The number of hydrogen-bond acceptors (Lipinski definition) is 5. The zero-order valence-corrected chi connectivity index (χ0v) is 12.3. The minimum absolute atomic E-state index is 0.534. The molecule has 5 nitrogen and oxygen atoms in total. The number of aryl methyl sites for hydroxylation is 1. The summed E-state index contributed by atoms with van der Waals surface area (Å²) in [7, 11) is 3.62. The monoisotopic (exact) mass is 272 g/mol. The first-order chi connectivity index (χ1) is 9.56. The first-order valence-corrected chi connectivity index (χ1v) is 6.57. The summed E-state index contributed by atoms with van der Waals surface area (Å²) >= 11 is 0. The molecule has 0 radical (unpaired) electrons. The molecule has 0 aliphatic carbocycles. The van der Waals surface area contributed by atoms with Crippen LogP contribution in [0.1, 0.15) is 18.3 Å². The van der Waals surface area contributed by atoms with Gasteiger partial charge in [0.15, 0.2) is 0 Å². The van der Waals surface area contributed by atoms with Crippen molar-refractivity contribution in [3.8, 4) is 5.75 Å². The summed E-state index contributed by atoms with van der Waals surface area (Å²) in [4.78, 5) is 10.9. The lowest BCUT2D eigenvalue weighted by Crippen LogP contribution is -2.16. The van der Waals surface area contributed by atoms with Gasteiger partial charge in [-0.2, -0.15) is 0 Å². The number of nitrogens with two attached hydrogens (primary N) is 1. The average Bonchev–Trinajstić information content (AvgIpc) is 2.49. The number of methoxy groups -OCH3 is 1. The fraction of sp³-hybridized carbons (Fsp3) is 0.333. The molecule has 1 heterocycles. The summed E-state index contributed by atoms with van der Waals surface area (Å²) < 4.78 is 5.17. The van der Waals surface area contributed by atoms with Gasteiger partial charge in [-0.3, -0.25) is 0 Å². The maximum Gasteiger partial charge on any atom is 0.141 e. The lowest BCUT2D eigenvalue weighted by Gasteiger charge is -2.21. The number of nitrogen functional groups attached to an aromatic ring is 1. The maximum absolute atomic E-state index is 5.96. The zero-order valence-electron chi connectivity index (χ0n) is 12.3. The Balaban J connectivity index is 2.41. The van der Waals surface area contributed by atoms with Gasteiger partial charge < -0.3 is 15.4 Å². The number of ether oxygens (including phenoxy) is 1. The number of anilines is 3. The highest BCUT2D eigenvalue weighted by molar-refractivity contribution is 5.66. The molecule has 0 bridgehead atoms. The summed E-state index contributed by atoms with van der Waals surface area (Å²) in [5.41, 5.74) is 7.87. The van der Waals surface area contributed by atoms with E-state index in [1.807, 2.05) is 50.1 Å². The molecule has 0 aliphatic heterocycles. The molecular formula is C15H20N4O. The quantitative estimate of drug-likeness (QED) is 0.927. The van der Waals surface area contributed by atoms with Gasteiger partial charge in [-0.25, -0.2) is 9.97 Å². The topological polar surface area (TPSA) is 64.3 Å². The molecule has 106 valence electrons. The van der Waals surface area contributed by atoms with Crippen LogP contribution in [0.2, 0.25) is 0 Å². The van der Waals surface area contributed by atoms with Crippen LogP contribution in [0.3, 0.4) is 0 Å². The molecule has 1 aromatic heterocycles. The van der Waals surface area contributed by atoms with Crippen molar-refractivity contribution in [2.75, 3.05) is 24.8 Å². The molecule has 0 unspecified atom stereocenters. The molecule has 0 saturated heterocycles. The standard InChI is InChI=1S/C15H20N4O/c1-5-13-17-14(16)10(2)15(18-13)19(3)11-6-8-12(20-4)9-7-11/h6-9H,5H2,1-4H3,(H2,16,17,18). The van der Waals surface area contributed by atoms with E-state index in [0.717, 1.165) is 35.1 Å². The van der Waals surface area contributed by atoms with Gasteiger partial charge in [0.25, 0.3) is 0 Å². The van der Waals surface area contributed by atoms with Crippen molar-refractivity contribution in [1.82, 2.24) is 9.97 Å². The van der Waals surface area contributed by atoms with E-state index in [-0.39, 0.29) is 0 Å². The van der Waals surface area contributed by atoms with Crippen LogP contribution in [0.4, 0.5) is 17.3 Å². The Morgan fingerprint density at radius 3 is 2.40 bits per heavy atom. The summed E-state index contributed by atoms with van der Waals surface area (Å²) in [6, 6.07) is 7.82. The smallest absolute Gasteiger partial charge is 0.141 e. The van der Waals surface area contributed by atoms with Crippen LogP contribution in [0.15, 0.2) is 24.3 Å². The molecular weight excluding hydrogens is 252 g/mol. The fourth-order valence-corrected chi connectivity index (χ4v) is 1.98. The van der Waals surface area contributed by atoms with Gasteiger partial charge in [0.1, 0.15) is 23.2 Å². The van der Waals surface area contributed by atoms with Gasteiger partial charge in [-0.15, -0.1) is 0 Å². The molecule has 5 heteroatoms. The number of aromatic nitrogens is 2. The van der Waals surface area contributed by atoms with Gasteiger partial charge >= 0.3 is 0 Å². The van der Waals surface area contributed by atoms with Gasteiger partial charge in [-0.1, -0.05) is 6.92 Å². The van der Waals surface area contributed by atoms with Crippen LogP contribution in [0, 0.1) is 6.92 Å². The van der Waals surface area contributed by atoms with Crippen LogP contribution in [-0.2, 0) is 6.42 Å². The molecule has 0 atom stereocenters. The minimum atomic E-state index is 0.534. The Morgan fingerprint density at radius 2 is 1.85 bits per heavy atom. The molecule has 0 spiro atoms. The summed E-state index contributed by atoms with van der Waals surface area (Å²) in [5.74, 6) is 2.95. The second kappa shape index (κ2) is 5.77. The molecule has 2 aromatic rings. The van der Waals surface area contributed by atoms with E-state index in [1.165, 1.54) is 0 Å². The maximum atomic E-state index is 5.96. The normalized spacial score (nSPS) is 10.4. The predicted octanol–water partition coefficient (Wildman–Crippen LogP) is 2.71. The first-order valence-electron chi connectivity index (χ1n) is 6.57. The Bertz CT molecular complexity index is 596. The molecule has 0 fully saturated rings. The largest absolute Gasteiger partial charge is 0.497 e. The SMILES string of the molecule is CCc1nc(N)c(C)c(N(C)c2ccc(OC)cc2)n1. The Morgan fingerprint density at radius 1 is 1.20 bits per heavy atom. The van der Waals surface area contributed by atoms with Crippen molar-refractivity contribution in [2.24, 2.45) is 0 Å². The second-order valence-electron chi connectivity index (χ2n) is 4.58. The lowest BCUT2D eigenvalue weighted by molar-refractivity contribution is 0.415. The van der Waals surface area contributed by atoms with E-state index >= 15 is 0 Å². The second-order valence-corrected chi connectivity index (χ2v) is 4.58. The van der Waals surface area contributed by atoms with Crippen LogP contribution in [0.5, 0.6) is 5.75 Å². The van der Waals surface area contributed by atoms with Crippen LogP contribution in [-0.4, -0.2) is 24.1 Å². The molecule has 0 saturated carbocycles. The predicted molar refractivity (Wildman–Crippen MR) is 81.6 cm³/mol. The van der Waals surface area contributed by atoms with Crippen molar-refractivity contribution < 1.29 is 4.74 Å². The molecule has 2 N–H and O–H groups in total. The van der Waals surface area contributed by atoms with Crippen LogP contribution >= 0.6 is 0 Å². The van der Waals surface area contributed by atoms with E-state index in [1.54, 1.807) is 7.11 Å². The molecule has 20 heavy (non-hydrogen) atoms. The van der Waals surface area contributed by atoms with E-state index in [4.69, 9.17) is 10.5 Å². The van der Waals surface area contributed by atoms with Gasteiger partial charge in [0.05, 0.1) is 7.11 Å². The van der Waals surface area contributed by atoms with E-state index in [2.05, 4.69) is 9.97 Å². The van der Waals surface area contributed by atoms with E-state index < -0.39 is 0 Å². The van der Waals surface area contributed by atoms with Gasteiger partial charge in [0, 0.05) is 24.7 Å². The van der Waals surface area contributed by atoms with Crippen molar-refractivity contribution in [3.63, 3.8) is 0 Å². The number of nitrogens with zero attached hydrogens (tertiary/aromatic N) is 3. The van der Waals surface area contributed by atoms with Gasteiger partial charge in [-0.05, 0) is 31.2 Å². The van der Waals surface area contributed by atoms with Crippen LogP contribution < -0.4 is 15.4 Å². The van der Waals surface area contributed by atoms with Gasteiger partial charge in [0.2, 0.25) is 0 Å². The molecule has 2 rings (SSSR count). The highest BCUT2D eigenvalue weighted by atomic mass is 16.5. The Kier molecular flexibility index (Phi) is 4.08. The Labute approximate surface area is 119 Å². The highest BCUT2D eigenvalue weighted by Crippen LogP contribution is 2.28. The molecule has 1 aromatic carbocycles.